The largest absolute Gasteiger partial charge is 0.464 e. The summed E-state index contributed by atoms with van der Waals surface area (Å²) in [5.41, 5.74) is 4.11. The molecule has 1 N–H and O–H groups in total. The van der Waals surface area contributed by atoms with Crippen molar-refractivity contribution >= 4 is 26.7 Å². The molecule has 0 spiro atoms. The van der Waals surface area contributed by atoms with Crippen molar-refractivity contribution in [2.24, 2.45) is 0 Å². The number of hydrogen-bond donors (Lipinski definition) is 1. The van der Waals surface area contributed by atoms with Crippen LogP contribution in [0.4, 0.5) is 0 Å². The highest BCUT2D eigenvalue weighted by atomic mass is 32.2. The van der Waals surface area contributed by atoms with E-state index in [1.54, 1.807) is 6.26 Å². The molecule has 3 heterocycles. The average molecular weight is 392 g/mol. The number of nitrogens with one attached hydrogen (secondary N) is 1. The van der Waals surface area contributed by atoms with Crippen LogP contribution in [0.1, 0.15) is 23.1 Å². The van der Waals surface area contributed by atoms with Crippen molar-refractivity contribution in [1.82, 2.24) is 4.90 Å². The molecule has 27 heavy (non-hydrogen) atoms. The van der Waals surface area contributed by atoms with Gasteiger partial charge in [-0.05, 0) is 25.0 Å². The number of amides is 1. The predicted molar refractivity (Wildman–Crippen MR) is 104 cm³/mol. The van der Waals surface area contributed by atoms with E-state index in [0.29, 0.717) is 31.0 Å². The Labute approximate surface area is 160 Å². The highest BCUT2D eigenvalue weighted by molar-refractivity contribution is 7.91. The Morgan fingerprint density at radius 1 is 1.26 bits per heavy atom. The van der Waals surface area contributed by atoms with Crippen LogP contribution in [0.3, 0.4) is 0 Å². The third-order valence-corrected chi connectivity index (χ3v) is 8.02. The number of aryl methyl sites for hydroxylation is 2. The topological polar surface area (TPSA) is 72.0 Å². The molecule has 1 aromatic carbocycles. The van der Waals surface area contributed by atoms with E-state index >= 15 is 0 Å². The van der Waals surface area contributed by atoms with Gasteiger partial charge in [0.05, 0.1) is 44.6 Å². The van der Waals surface area contributed by atoms with Crippen molar-refractivity contribution in [1.29, 1.82) is 0 Å². The van der Waals surface area contributed by atoms with Gasteiger partial charge in [0.2, 0.25) is 5.91 Å². The van der Waals surface area contributed by atoms with Crippen molar-refractivity contribution in [3.63, 3.8) is 0 Å². The lowest BCUT2D eigenvalue weighted by molar-refractivity contribution is -0.925. The maximum Gasteiger partial charge on any atom is 0.227 e. The zero-order valence-electron chi connectivity index (χ0n) is 16.0. The van der Waals surface area contributed by atoms with Crippen LogP contribution in [0.25, 0.3) is 11.0 Å². The molecular formula is C20H27N2O4S+. The third kappa shape index (κ3) is 3.62. The van der Waals surface area contributed by atoms with Gasteiger partial charge < -0.3 is 14.2 Å². The van der Waals surface area contributed by atoms with Gasteiger partial charge in [0, 0.05) is 17.4 Å². The van der Waals surface area contributed by atoms with Gasteiger partial charge in [-0.25, -0.2) is 8.42 Å². The monoisotopic (exact) mass is 391 g/mol. The van der Waals surface area contributed by atoms with E-state index in [1.165, 1.54) is 10.5 Å². The minimum atomic E-state index is -2.85. The molecule has 7 heteroatoms. The number of sulfone groups is 1. The lowest BCUT2D eigenvalue weighted by atomic mass is 10.0. The molecule has 1 amide bonds. The minimum absolute atomic E-state index is 0.119. The number of hydrogen-bond acceptors (Lipinski definition) is 4. The number of carbonyl (C=O) groups excluding carboxylic acids is 1. The molecule has 2 aromatic rings. The van der Waals surface area contributed by atoms with Gasteiger partial charge in [-0.2, -0.15) is 0 Å². The van der Waals surface area contributed by atoms with Crippen molar-refractivity contribution < 1.29 is 22.5 Å². The number of quaternary nitrogens is 1. The zero-order chi connectivity index (χ0) is 19.2. The minimum Gasteiger partial charge on any atom is -0.464 e. The van der Waals surface area contributed by atoms with Gasteiger partial charge in [-0.1, -0.05) is 12.1 Å². The highest BCUT2D eigenvalue weighted by Crippen LogP contribution is 2.27. The lowest BCUT2D eigenvalue weighted by Gasteiger charge is -2.35. The molecule has 6 nitrogen and oxygen atoms in total. The normalized spacial score (nSPS) is 23.2. The Bertz CT molecular complexity index is 971. The first kappa shape index (κ1) is 18.5. The van der Waals surface area contributed by atoms with Crippen LogP contribution in [0, 0.1) is 13.8 Å². The van der Waals surface area contributed by atoms with E-state index in [9.17, 15) is 13.2 Å². The fourth-order valence-electron chi connectivity index (χ4n) is 4.37. The van der Waals surface area contributed by atoms with E-state index < -0.39 is 9.84 Å². The highest BCUT2D eigenvalue weighted by Gasteiger charge is 2.37. The Balaban J connectivity index is 1.38. The van der Waals surface area contributed by atoms with Crippen LogP contribution < -0.4 is 4.90 Å². The smallest absolute Gasteiger partial charge is 0.227 e. The number of carbonyl (C=O) groups is 1. The Morgan fingerprint density at radius 2 is 2.00 bits per heavy atom. The van der Waals surface area contributed by atoms with Crippen LogP contribution in [0.2, 0.25) is 0 Å². The van der Waals surface area contributed by atoms with Gasteiger partial charge in [0.15, 0.2) is 9.84 Å². The molecule has 1 atom stereocenters. The summed E-state index contributed by atoms with van der Waals surface area (Å²) in [6, 6.07) is 4.31. The number of nitrogens with zero attached hydrogens (tertiary/aromatic N) is 1. The number of benzene rings is 1. The molecule has 4 rings (SSSR count). The Morgan fingerprint density at radius 3 is 2.67 bits per heavy atom. The lowest BCUT2D eigenvalue weighted by Crippen LogP contribution is -3.18. The van der Waals surface area contributed by atoms with Crippen LogP contribution >= 0.6 is 0 Å². The summed E-state index contributed by atoms with van der Waals surface area (Å²) < 4.78 is 29.1. The fourth-order valence-corrected chi connectivity index (χ4v) is 6.19. The molecule has 2 fully saturated rings. The Kier molecular flexibility index (Phi) is 4.76. The predicted octanol–water partition coefficient (Wildman–Crippen LogP) is 0.506. The molecule has 0 bridgehead atoms. The molecule has 1 aromatic heterocycles. The SMILES string of the molecule is Cc1ccc2c(CC(=O)N3CC[NH+]([C@@H]4CCS(=O)(=O)C4)CC3)coc2c1C. The molecule has 0 unspecified atom stereocenters. The number of fused-ring (bicyclic) bond motifs is 1. The standard InChI is InChI=1S/C20H26N2O4S/c1-14-3-4-18-16(12-26-20(18)15(14)2)11-19(23)22-8-6-21(7-9-22)17-5-10-27(24,25)13-17/h3-4,12,17H,5-11,13H2,1-2H3/p+1/t17-/m1/s1. The fraction of sp³-hybridized carbons (Fsp3) is 0.550. The maximum atomic E-state index is 12.8. The van der Waals surface area contributed by atoms with Crippen molar-refractivity contribution in [2.45, 2.75) is 32.7 Å². The Hall–Kier alpha value is -1.86. The number of piperazine rings is 1. The summed E-state index contributed by atoms with van der Waals surface area (Å²) in [6.07, 6.45) is 2.81. The van der Waals surface area contributed by atoms with Crippen molar-refractivity contribution in [3.05, 3.63) is 35.1 Å². The van der Waals surface area contributed by atoms with E-state index in [1.807, 2.05) is 17.9 Å². The molecule has 0 saturated carbocycles. The van der Waals surface area contributed by atoms with Crippen LogP contribution in [-0.2, 0) is 21.1 Å². The van der Waals surface area contributed by atoms with E-state index in [0.717, 1.165) is 41.6 Å². The van der Waals surface area contributed by atoms with Crippen LogP contribution in [-0.4, -0.2) is 63.0 Å². The molecule has 0 aliphatic carbocycles. The van der Waals surface area contributed by atoms with Gasteiger partial charge in [-0.3, -0.25) is 4.79 Å². The van der Waals surface area contributed by atoms with E-state index in [-0.39, 0.29) is 11.9 Å². The quantitative estimate of drug-likeness (QED) is 0.827. The molecule has 2 saturated heterocycles. The summed E-state index contributed by atoms with van der Waals surface area (Å²) in [4.78, 5) is 16.0. The average Bonchev–Trinajstić information content (AvgIpc) is 3.22. The second-order valence-electron chi connectivity index (χ2n) is 7.96. The zero-order valence-corrected chi connectivity index (χ0v) is 16.8. The summed E-state index contributed by atoms with van der Waals surface area (Å²) in [6.45, 7) is 7.14. The third-order valence-electron chi connectivity index (χ3n) is 6.25. The first-order chi connectivity index (χ1) is 12.8. The first-order valence-electron chi connectivity index (χ1n) is 9.63. The molecule has 146 valence electrons. The molecular weight excluding hydrogens is 364 g/mol. The molecule has 0 radical (unpaired) electrons. The summed E-state index contributed by atoms with van der Waals surface area (Å²) in [5, 5.41) is 1.02. The second-order valence-corrected chi connectivity index (χ2v) is 10.2. The van der Waals surface area contributed by atoms with Crippen LogP contribution in [0.15, 0.2) is 22.8 Å². The van der Waals surface area contributed by atoms with E-state index in [2.05, 4.69) is 13.0 Å². The molecule has 2 aliphatic rings. The summed E-state index contributed by atoms with van der Waals surface area (Å²) in [5.74, 6) is 0.737. The van der Waals surface area contributed by atoms with Crippen LogP contribution in [0.5, 0.6) is 0 Å². The van der Waals surface area contributed by atoms with Gasteiger partial charge >= 0.3 is 0 Å². The van der Waals surface area contributed by atoms with Gasteiger partial charge in [0.25, 0.3) is 0 Å². The van der Waals surface area contributed by atoms with Gasteiger partial charge in [-0.15, -0.1) is 0 Å². The van der Waals surface area contributed by atoms with Gasteiger partial charge in [0.1, 0.15) is 17.4 Å². The summed E-state index contributed by atoms with van der Waals surface area (Å²) in [7, 11) is -2.85. The first-order valence-corrected chi connectivity index (χ1v) is 11.5. The maximum absolute atomic E-state index is 12.8. The number of rotatable bonds is 3. The van der Waals surface area contributed by atoms with E-state index in [4.69, 9.17) is 4.42 Å². The van der Waals surface area contributed by atoms with Crippen molar-refractivity contribution in [3.8, 4) is 0 Å². The summed E-state index contributed by atoms with van der Waals surface area (Å²) >= 11 is 0. The number of furan rings is 1. The second kappa shape index (κ2) is 6.95. The van der Waals surface area contributed by atoms with Crippen molar-refractivity contribution in [2.75, 3.05) is 37.7 Å². The molecule has 2 aliphatic heterocycles.